The lowest BCUT2D eigenvalue weighted by Gasteiger charge is -2.16. The molecular weight excluding hydrogens is 242 g/mol. The van der Waals surface area contributed by atoms with Crippen LogP contribution in [0.2, 0.25) is 0 Å². The van der Waals surface area contributed by atoms with Crippen molar-refractivity contribution in [2.45, 2.75) is 25.7 Å². The third-order valence-corrected chi connectivity index (χ3v) is 4.03. The number of nitriles is 1. The summed E-state index contributed by atoms with van der Waals surface area (Å²) in [7, 11) is 0. The highest BCUT2D eigenvalue weighted by molar-refractivity contribution is 7.16. The first-order chi connectivity index (χ1) is 8.85. The minimum atomic E-state index is 0.635. The number of aromatic nitrogens is 1. The second kappa shape index (κ2) is 4.79. The van der Waals surface area contributed by atoms with Gasteiger partial charge in [-0.05, 0) is 48.9 Å². The molecule has 0 amide bonds. The lowest BCUT2D eigenvalue weighted by molar-refractivity contribution is 0.686. The monoisotopic (exact) mass is 255 g/mol. The van der Waals surface area contributed by atoms with E-state index in [4.69, 9.17) is 5.26 Å². The smallest absolute Gasteiger partial charge is 0.188 e. The van der Waals surface area contributed by atoms with Crippen LogP contribution in [0.1, 0.15) is 28.8 Å². The molecule has 1 aromatic heterocycles. The van der Waals surface area contributed by atoms with Crippen LogP contribution in [0.5, 0.6) is 0 Å². The SMILES string of the molecule is N#Cc1cnc(Nc2ccc3c(c2)CCCC3)s1. The van der Waals surface area contributed by atoms with E-state index in [-0.39, 0.29) is 0 Å². The number of thiazole rings is 1. The van der Waals surface area contributed by atoms with Crippen LogP contribution in [0.4, 0.5) is 10.8 Å². The number of hydrogen-bond donors (Lipinski definition) is 1. The summed E-state index contributed by atoms with van der Waals surface area (Å²) in [6.45, 7) is 0. The van der Waals surface area contributed by atoms with Crippen LogP contribution in [0.25, 0.3) is 0 Å². The van der Waals surface area contributed by atoms with Crippen LogP contribution in [0, 0.1) is 11.3 Å². The highest BCUT2D eigenvalue weighted by Crippen LogP contribution is 2.27. The van der Waals surface area contributed by atoms with Gasteiger partial charge in [-0.2, -0.15) is 5.26 Å². The maximum absolute atomic E-state index is 8.77. The van der Waals surface area contributed by atoms with Crippen molar-refractivity contribution in [2.75, 3.05) is 5.32 Å². The molecule has 1 N–H and O–H groups in total. The Morgan fingerprint density at radius 1 is 1.22 bits per heavy atom. The standard InChI is InChI=1S/C14H13N3S/c15-8-13-9-16-14(18-13)17-12-6-5-10-3-1-2-4-11(10)7-12/h5-7,9H,1-4H2,(H,16,17). The Kier molecular flexibility index (Phi) is 2.99. The van der Waals surface area contributed by atoms with E-state index >= 15 is 0 Å². The zero-order valence-electron chi connectivity index (χ0n) is 9.94. The van der Waals surface area contributed by atoms with Crippen molar-refractivity contribution >= 4 is 22.2 Å². The molecule has 0 radical (unpaired) electrons. The van der Waals surface area contributed by atoms with E-state index in [0.29, 0.717) is 4.88 Å². The van der Waals surface area contributed by atoms with Crippen molar-refractivity contribution in [1.29, 1.82) is 5.26 Å². The van der Waals surface area contributed by atoms with E-state index in [0.717, 1.165) is 10.8 Å². The van der Waals surface area contributed by atoms with Gasteiger partial charge in [0.1, 0.15) is 10.9 Å². The molecule has 2 aromatic rings. The van der Waals surface area contributed by atoms with Crippen LogP contribution in [0.3, 0.4) is 0 Å². The molecule has 1 aliphatic carbocycles. The first-order valence-corrected chi connectivity index (χ1v) is 6.91. The van der Waals surface area contributed by atoms with E-state index in [2.05, 4.69) is 34.6 Å². The highest BCUT2D eigenvalue weighted by Gasteiger charge is 2.10. The van der Waals surface area contributed by atoms with Crippen LogP contribution >= 0.6 is 11.3 Å². The van der Waals surface area contributed by atoms with E-state index in [9.17, 15) is 0 Å². The van der Waals surface area contributed by atoms with Crippen molar-refractivity contribution < 1.29 is 0 Å². The molecule has 0 atom stereocenters. The van der Waals surface area contributed by atoms with Crippen LogP contribution in [0.15, 0.2) is 24.4 Å². The third kappa shape index (κ3) is 2.22. The topological polar surface area (TPSA) is 48.7 Å². The average molecular weight is 255 g/mol. The van der Waals surface area contributed by atoms with Gasteiger partial charge in [-0.25, -0.2) is 4.98 Å². The number of anilines is 2. The first-order valence-electron chi connectivity index (χ1n) is 6.10. The molecule has 0 unspecified atom stereocenters. The van der Waals surface area contributed by atoms with Crippen molar-refractivity contribution in [3.63, 3.8) is 0 Å². The van der Waals surface area contributed by atoms with Gasteiger partial charge in [-0.1, -0.05) is 17.4 Å². The molecule has 0 spiro atoms. The Morgan fingerprint density at radius 2 is 2.06 bits per heavy atom. The predicted molar refractivity (Wildman–Crippen MR) is 73.2 cm³/mol. The van der Waals surface area contributed by atoms with Gasteiger partial charge in [-0.15, -0.1) is 0 Å². The van der Waals surface area contributed by atoms with Crippen molar-refractivity contribution in [3.8, 4) is 6.07 Å². The molecule has 0 saturated heterocycles. The summed E-state index contributed by atoms with van der Waals surface area (Å²) in [5.74, 6) is 0. The fourth-order valence-corrected chi connectivity index (χ4v) is 2.95. The number of nitrogens with one attached hydrogen (secondary N) is 1. The van der Waals surface area contributed by atoms with Gasteiger partial charge in [0.15, 0.2) is 5.13 Å². The second-order valence-corrected chi connectivity index (χ2v) is 5.49. The third-order valence-electron chi connectivity index (χ3n) is 3.22. The lowest BCUT2D eigenvalue weighted by atomic mass is 9.91. The van der Waals surface area contributed by atoms with E-state index in [1.807, 2.05) is 0 Å². The molecule has 18 heavy (non-hydrogen) atoms. The number of rotatable bonds is 2. The molecule has 3 rings (SSSR count). The number of aryl methyl sites for hydroxylation is 2. The Bertz CT molecular complexity index is 610. The Hall–Kier alpha value is -1.86. The summed E-state index contributed by atoms with van der Waals surface area (Å²) >= 11 is 1.38. The van der Waals surface area contributed by atoms with E-state index in [1.54, 1.807) is 6.20 Å². The molecule has 90 valence electrons. The minimum absolute atomic E-state index is 0.635. The number of fused-ring (bicyclic) bond motifs is 1. The quantitative estimate of drug-likeness (QED) is 0.891. The molecule has 4 heteroatoms. The van der Waals surface area contributed by atoms with Crippen molar-refractivity contribution in [2.24, 2.45) is 0 Å². The summed E-state index contributed by atoms with van der Waals surface area (Å²) in [6.07, 6.45) is 6.56. The van der Waals surface area contributed by atoms with Crippen molar-refractivity contribution in [1.82, 2.24) is 4.98 Å². The van der Waals surface area contributed by atoms with Crippen LogP contribution in [-0.4, -0.2) is 4.98 Å². The summed E-state index contributed by atoms with van der Waals surface area (Å²) in [5.41, 5.74) is 3.99. The molecule has 3 nitrogen and oxygen atoms in total. The van der Waals surface area contributed by atoms with Gasteiger partial charge in [0.2, 0.25) is 0 Å². The number of nitrogens with zero attached hydrogens (tertiary/aromatic N) is 2. The molecule has 0 aliphatic heterocycles. The summed E-state index contributed by atoms with van der Waals surface area (Å²) in [6, 6.07) is 8.61. The maximum atomic E-state index is 8.77. The zero-order valence-corrected chi connectivity index (χ0v) is 10.8. The van der Waals surface area contributed by atoms with Gasteiger partial charge in [0, 0.05) is 5.69 Å². The molecule has 0 bridgehead atoms. The van der Waals surface area contributed by atoms with Crippen LogP contribution < -0.4 is 5.32 Å². The van der Waals surface area contributed by atoms with Gasteiger partial charge in [-0.3, -0.25) is 0 Å². The first kappa shape index (κ1) is 11.2. The Labute approximate surface area is 110 Å². The molecule has 1 heterocycles. The number of hydrogen-bond acceptors (Lipinski definition) is 4. The lowest BCUT2D eigenvalue weighted by Crippen LogP contribution is -2.03. The molecule has 0 saturated carbocycles. The number of benzene rings is 1. The van der Waals surface area contributed by atoms with Crippen molar-refractivity contribution in [3.05, 3.63) is 40.4 Å². The molecular formula is C14H13N3S. The van der Waals surface area contributed by atoms with Gasteiger partial charge < -0.3 is 5.32 Å². The van der Waals surface area contributed by atoms with Gasteiger partial charge in [0.05, 0.1) is 6.20 Å². The van der Waals surface area contributed by atoms with Gasteiger partial charge in [0.25, 0.3) is 0 Å². The largest absolute Gasteiger partial charge is 0.332 e. The van der Waals surface area contributed by atoms with E-state index < -0.39 is 0 Å². The molecule has 1 aromatic carbocycles. The Morgan fingerprint density at radius 3 is 2.83 bits per heavy atom. The van der Waals surface area contributed by atoms with E-state index in [1.165, 1.54) is 48.1 Å². The highest BCUT2D eigenvalue weighted by atomic mass is 32.1. The Balaban J connectivity index is 1.82. The second-order valence-electron chi connectivity index (χ2n) is 4.46. The summed E-state index contributed by atoms with van der Waals surface area (Å²) in [4.78, 5) is 4.81. The van der Waals surface area contributed by atoms with Gasteiger partial charge >= 0.3 is 0 Å². The fourth-order valence-electron chi connectivity index (χ4n) is 2.32. The van der Waals surface area contributed by atoms with Crippen LogP contribution in [-0.2, 0) is 12.8 Å². The molecule has 0 fully saturated rings. The fraction of sp³-hybridized carbons (Fsp3) is 0.286. The minimum Gasteiger partial charge on any atom is -0.332 e. The zero-order chi connectivity index (χ0) is 12.4. The molecule has 1 aliphatic rings. The normalized spacial score (nSPS) is 13.7. The maximum Gasteiger partial charge on any atom is 0.188 e. The summed E-state index contributed by atoms with van der Waals surface area (Å²) in [5, 5.41) is 12.8. The predicted octanol–water partition coefficient (Wildman–Crippen LogP) is 3.64. The average Bonchev–Trinajstić information content (AvgIpc) is 2.86. The summed E-state index contributed by atoms with van der Waals surface area (Å²) < 4.78 is 0.